The van der Waals surface area contributed by atoms with Gasteiger partial charge in [0.15, 0.2) is 0 Å². The summed E-state index contributed by atoms with van der Waals surface area (Å²) in [5.74, 6) is 0. The minimum absolute atomic E-state index is 0.122. The van der Waals surface area contributed by atoms with Crippen LogP contribution in [-0.4, -0.2) is 56.2 Å². The molecule has 2 fully saturated rings. The average molecular weight is 327 g/mol. The molecule has 0 bridgehead atoms. The molecule has 2 aliphatic rings. The third kappa shape index (κ3) is 4.06. The van der Waals surface area contributed by atoms with Crippen molar-refractivity contribution in [3.05, 3.63) is 0 Å². The lowest BCUT2D eigenvalue weighted by molar-refractivity contribution is 0.115. The number of ether oxygens (including phenoxy) is 1. The van der Waals surface area contributed by atoms with E-state index in [1.807, 2.05) is 0 Å². The van der Waals surface area contributed by atoms with Crippen molar-refractivity contribution in [2.75, 3.05) is 45.2 Å². The summed E-state index contributed by atoms with van der Waals surface area (Å²) >= 11 is 0. The fourth-order valence-electron chi connectivity index (χ4n) is 2.03. The molecule has 10 heteroatoms. The van der Waals surface area contributed by atoms with Crippen LogP contribution in [0.4, 0.5) is 4.79 Å². The van der Waals surface area contributed by atoms with Crippen molar-refractivity contribution < 1.29 is 32.2 Å². The van der Waals surface area contributed by atoms with Crippen molar-refractivity contribution in [2.45, 2.75) is 13.3 Å². The van der Waals surface area contributed by atoms with E-state index in [4.69, 9.17) is 18.3 Å². The van der Waals surface area contributed by atoms with Gasteiger partial charge in [0.2, 0.25) is 7.37 Å². The summed E-state index contributed by atoms with van der Waals surface area (Å²) in [5, 5.41) is 0. The highest BCUT2D eigenvalue weighted by Gasteiger charge is 2.39. The van der Waals surface area contributed by atoms with Gasteiger partial charge in [-0.2, -0.15) is 0 Å². The van der Waals surface area contributed by atoms with Crippen molar-refractivity contribution in [1.29, 1.82) is 0 Å². The van der Waals surface area contributed by atoms with Crippen LogP contribution < -0.4 is 0 Å². The molecule has 0 spiro atoms. The second-order valence-corrected chi connectivity index (χ2v) is 9.16. The number of hydrogen-bond acceptors (Lipinski definition) is 7. The predicted octanol–water partition coefficient (Wildman–Crippen LogP) is 2.30. The van der Waals surface area contributed by atoms with Crippen molar-refractivity contribution in [1.82, 2.24) is 4.90 Å². The fraction of sp³-hybridized carbons (Fsp3) is 0.900. The second kappa shape index (κ2) is 6.58. The van der Waals surface area contributed by atoms with E-state index >= 15 is 0 Å². The Labute approximate surface area is 117 Å². The molecule has 1 atom stereocenters. The fourth-order valence-corrected chi connectivity index (χ4v) is 5.92. The van der Waals surface area contributed by atoms with Crippen LogP contribution in [0.3, 0.4) is 0 Å². The van der Waals surface area contributed by atoms with Crippen molar-refractivity contribution in [3.63, 3.8) is 0 Å². The monoisotopic (exact) mass is 327 g/mol. The van der Waals surface area contributed by atoms with Gasteiger partial charge in [0.1, 0.15) is 12.6 Å². The molecule has 0 radical (unpaired) electrons. The standard InChI is InChI=1S/C10H19NO7P2/c1-2-15-10(12)11(8-19(13)7-3-4-16-19)9-20(14)17-5-6-18-20/h2-9H2,1H3. The summed E-state index contributed by atoms with van der Waals surface area (Å²) in [4.78, 5) is 13.0. The first-order valence-electron chi connectivity index (χ1n) is 6.49. The molecular weight excluding hydrogens is 308 g/mol. The lowest BCUT2D eigenvalue weighted by Gasteiger charge is -2.25. The molecule has 8 nitrogen and oxygen atoms in total. The Morgan fingerprint density at radius 1 is 1.15 bits per heavy atom. The van der Waals surface area contributed by atoms with Gasteiger partial charge in [0.05, 0.1) is 26.4 Å². The molecule has 2 heterocycles. The predicted molar refractivity (Wildman–Crippen MR) is 71.1 cm³/mol. The molecule has 2 rings (SSSR count). The smallest absolute Gasteiger partial charge is 0.410 e. The van der Waals surface area contributed by atoms with E-state index in [0.29, 0.717) is 19.2 Å². The number of amides is 1. The molecule has 0 aromatic heterocycles. The van der Waals surface area contributed by atoms with Crippen LogP contribution in [-0.2, 0) is 27.4 Å². The van der Waals surface area contributed by atoms with E-state index in [1.165, 1.54) is 0 Å². The van der Waals surface area contributed by atoms with E-state index < -0.39 is 21.1 Å². The number of carbonyl (C=O) groups excluding carboxylic acids is 1. The van der Waals surface area contributed by atoms with Crippen LogP contribution in [0.5, 0.6) is 0 Å². The van der Waals surface area contributed by atoms with Crippen LogP contribution in [0.2, 0.25) is 0 Å². The zero-order chi connectivity index (χ0) is 14.6. The highest BCUT2D eigenvalue weighted by atomic mass is 31.2. The molecule has 116 valence electrons. The number of rotatable bonds is 5. The number of nitrogens with zero attached hydrogens (tertiary/aromatic N) is 1. The average Bonchev–Trinajstić information content (AvgIpc) is 2.99. The van der Waals surface area contributed by atoms with Gasteiger partial charge in [0.25, 0.3) is 0 Å². The highest BCUT2D eigenvalue weighted by molar-refractivity contribution is 7.59. The Kier molecular flexibility index (Phi) is 5.26. The van der Waals surface area contributed by atoms with Crippen molar-refractivity contribution >= 4 is 21.1 Å². The maximum atomic E-state index is 12.4. The third-order valence-corrected chi connectivity index (χ3v) is 7.15. The van der Waals surface area contributed by atoms with Gasteiger partial charge in [-0.15, -0.1) is 0 Å². The summed E-state index contributed by atoms with van der Waals surface area (Å²) in [6.07, 6.45) is 0.0301. The zero-order valence-electron chi connectivity index (χ0n) is 11.4. The van der Waals surface area contributed by atoms with E-state index in [-0.39, 0.29) is 32.4 Å². The second-order valence-electron chi connectivity index (χ2n) is 4.52. The largest absolute Gasteiger partial charge is 0.450 e. The molecule has 1 unspecified atom stereocenters. The van der Waals surface area contributed by atoms with Crippen LogP contribution in [0, 0.1) is 0 Å². The van der Waals surface area contributed by atoms with Gasteiger partial charge in [-0.1, -0.05) is 0 Å². The Morgan fingerprint density at radius 2 is 1.85 bits per heavy atom. The van der Waals surface area contributed by atoms with Gasteiger partial charge in [-0.3, -0.25) is 14.0 Å². The molecule has 0 aromatic carbocycles. The normalized spacial score (nSPS) is 28.4. The SMILES string of the molecule is CCOC(=O)N(CP1(=O)CCCO1)CP1(=O)OCCO1. The summed E-state index contributed by atoms with van der Waals surface area (Å²) in [7, 11) is -6.24. The van der Waals surface area contributed by atoms with Gasteiger partial charge < -0.3 is 18.3 Å². The molecule has 1 amide bonds. The maximum Gasteiger partial charge on any atom is 0.410 e. The van der Waals surface area contributed by atoms with Crippen LogP contribution in [0.1, 0.15) is 13.3 Å². The van der Waals surface area contributed by atoms with Crippen molar-refractivity contribution in [2.24, 2.45) is 0 Å². The summed E-state index contributed by atoms with van der Waals surface area (Å²) < 4.78 is 44.8. The lowest BCUT2D eigenvalue weighted by atomic mass is 10.5. The summed E-state index contributed by atoms with van der Waals surface area (Å²) in [6, 6.07) is 0. The van der Waals surface area contributed by atoms with Gasteiger partial charge in [0, 0.05) is 6.16 Å². The van der Waals surface area contributed by atoms with Crippen LogP contribution >= 0.6 is 15.0 Å². The highest BCUT2D eigenvalue weighted by Crippen LogP contribution is 2.56. The first-order valence-corrected chi connectivity index (χ1v) is 10.2. The molecule has 20 heavy (non-hydrogen) atoms. The lowest BCUT2D eigenvalue weighted by Crippen LogP contribution is -2.33. The molecule has 0 aromatic rings. The molecule has 0 aliphatic carbocycles. The third-order valence-electron chi connectivity index (χ3n) is 2.89. The minimum atomic E-state index is -3.34. The topological polar surface area (TPSA) is 91.4 Å². The van der Waals surface area contributed by atoms with Crippen molar-refractivity contribution in [3.8, 4) is 0 Å². The van der Waals surface area contributed by atoms with Gasteiger partial charge in [-0.25, -0.2) is 4.79 Å². The molecular formula is C10H19NO7P2. The maximum absolute atomic E-state index is 12.4. The molecule has 0 saturated carbocycles. The Hall–Kier alpha value is -0.390. The summed E-state index contributed by atoms with van der Waals surface area (Å²) in [6.45, 7) is 2.70. The quantitative estimate of drug-likeness (QED) is 0.715. The first kappa shape index (κ1) is 16.0. The first-order chi connectivity index (χ1) is 9.46. The zero-order valence-corrected chi connectivity index (χ0v) is 13.1. The Bertz CT molecular complexity index is 403. The minimum Gasteiger partial charge on any atom is -0.450 e. The summed E-state index contributed by atoms with van der Waals surface area (Å²) in [5.41, 5.74) is 0. The van der Waals surface area contributed by atoms with E-state index in [1.54, 1.807) is 6.92 Å². The molecule has 2 saturated heterocycles. The molecule has 0 N–H and O–H groups in total. The van der Waals surface area contributed by atoms with Gasteiger partial charge in [-0.05, 0) is 13.3 Å². The van der Waals surface area contributed by atoms with Crippen LogP contribution in [0.25, 0.3) is 0 Å². The Balaban J connectivity index is 2.05. The van der Waals surface area contributed by atoms with Crippen LogP contribution in [0.15, 0.2) is 0 Å². The Morgan fingerprint density at radius 3 is 2.40 bits per heavy atom. The van der Waals surface area contributed by atoms with E-state index in [0.717, 1.165) is 4.90 Å². The molecule has 2 aliphatic heterocycles. The number of carbonyl (C=O) groups is 1. The van der Waals surface area contributed by atoms with E-state index in [9.17, 15) is 13.9 Å². The number of hydrogen-bond donors (Lipinski definition) is 0. The van der Waals surface area contributed by atoms with E-state index in [2.05, 4.69) is 0 Å². The van der Waals surface area contributed by atoms with Gasteiger partial charge >= 0.3 is 13.7 Å².